The molecule has 17 heavy (non-hydrogen) atoms. The largest absolute Gasteiger partial charge is 0.383 e. The minimum atomic E-state index is 0.693. The number of nitrogens with zero attached hydrogens (tertiary/aromatic N) is 1. The number of aromatic nitrogens is 1. The zero-order chi connectivity index (χ0) is 12.1. The van der Waals surface area contributed by atoms with Crippen molar-refractivity contribution in [1.82, 2.24) is 10.3 Å². The van der Waals surface area contributed by atoms with E-state index in [4.69, 9.17) is 5.73 Å². The normalized spacial score (nSPS) is 17.0. The first-order valence-corrected chi connectivity index (χ1v) is 6.74. The van der Waals surface area contributed by atoms with Gasteiger partial charge in [0.2, 0.25) is 0 Å². The highest BCUT2D eigenvalue weighted by atomic mass is 14.9. The Morgan fingerprint density at radius 3 is 3.00 bits per heavy atom. The van der Waals surface area contributed by atoms with Crippen molar-refractivity contribution in [2.45, 2.75) is 45.1 Å². The summed E-state index contributed by atoms with van der Waals surface area (Å²) in [5, 5.41) is 3.60. The molecule has 1 heterocycles. The minimum absolute atomic E-state index is 0.693. The van der Waals surface area contributed by atoms with Gasteiger partial charge in [-0.2, -0.15) is 0 Å². The molecule has 1 aromatic rings. The molecule has 0 saturated heterocycles. The molecule has 94 valence electrons. The topological polar surface area (TPSA) is 50.9 Å². The van der Waals surface area contributed by atoms with Gasteiger partial charge in [-0.15, -0.1) is 0 Å². The predicted octanol–water partition coefficient (Wildman–Crippen LogP) is 2.37. The number of nitrogens with two attached hydrogens (primary N) is 1. The van der Waals surface area contributed by atoms with Crippen LogP contribution in [0.25, 0.3) is 0 Å². The van der Waals surface area contributed by atoms with Crippen molar-refractivity contribution in [3.05, 3.63) is 23.9 Å². The van der Waals surface area contributed by atoms with Gasteiger partial charge in [-0.25, -0.2) is 4.98 Å². The summed E-state index contributed by atoms with van der Waals surface area (Å²) in [6.45, 7) is 3.27. The summed E-state index contributed by atoms with van der Waals surface area (Å²) in [4.78, 5) is 4.12. The lowest BCUT2D eigenvalue weighted by Crippen LogP contribution is -2.30. The Balaban J connectivity index is 1.76. The predicted molar refractivity (Wildman–Crippen MR) is 71.8 cm³/mol. The van der Waals surface area contributed by atoms with Crippen LogP contribution in [0.2, 0.25) is 0 Å². The molecular formula is C14H23N3. The molecule has 3 N–H and O–H groups in total. The van der Waals surface area contributed by atoms with E-state index in [1.165, 1.54) is 31.2 Å². The molecule has 0 aromatic carbocycles. The summed E-state index contributed by atoms with van der Waals surface area (Å²) < 4.78 is 0. The third-order valence-electron chi connectivity index (χ3n) is 3.54. The summed E-state index contributed by atoms with van der Waals surface area (Å²) in [5.74, 6) is 1.63. The number of anilines is 1. The van der Waals surface area contributed by atoms with Crippen LogP contribution in [0, 0.1) is 5.92 Å². The summed E-state index contributed by atoms with van der Waals surface area (Å²) >= 11 is 0. The Hall–Kier alpha value is -1.09. The van der Waals surface area contributed by atoms with Crippen LogP contribution in [0.4, 0.5) is 5.82 Å². The van der Waals surface area contributed by atoms with Crippen LogP contribution >= 0.6 is 0 Å². The van der Waals surface area contributed by atoms with E-state index in [2.05, 4.69) is 23.3 Å². The van der Waals surface area contributed by atoms with Crippen molar-refractivity contribution in [2.75, 3.05) is 12.3 Å². The number of pyridine rings is 1. The zero-order valence-corrected chi connectivity index (χ0v) is 10.7. The average Bonchev–Trinajstić information content (AvgIpc) is 3.14. The molecule has 3 nitrogen and oxygen atoms in total. The van der Waals surface area contributed by atoms with Gasteiger partial charge in [-0.1, -0.05) is 13.0 Å². The molecule has 1 aliphatic carbocycles. The molecule has 1 saturated carbocycles. The second-order valence-corrected chi connectivity index (χ2v) is 4.94. The molecule has 1 aliphatic rings. The van der Waals surface area contributed by atoms with Gasteiger partial charge in [-0.05, 0) is 56.2 Å². The highest BCUT2D eigenvalue weighted by Gasteiger charge is 2.29. The maximum Gasteiger partial charge on any atom is 0.126 e. The van der Waals surface area contributed by atoms with Crippen molar-refractivity contribution in [3.8, 4) is 0 Å². The number of hydrogen-bond donors (Lipinski definition) is 2. The fourth-order valence-electron chi connectivity index (χ4n) is 2.44. The first kappa shape index (κ1) is 12.4. The molecule has 1 unspecified atom stereocenters. The molecule has 2 rings (SSSR count). The Kier molecular flexibility index (Phi) is 4.37. The highest BCUT2D eigenvalue weighted by Crippen LogP contribution is 2.34. The quantitative estimate of drug-likeness (QED) is 0.760. The Morgan fingerprint density at radius 1 is 1.53 bits per heavy atom. The monoisotopic (exact) mass is 233 g/mol. The lowest BCUT2D eigenvalue weighted by atomic mass is 10.0. The third-order valence-corrected chi connectivity index (χ3v) is 3.54. The van der Waals surface area contributed by atoms with E-state index in [1.54, 1.807) is 6.20 Å². The molecule has 0 aliphatic heterocycles. The van der Waals surface area contributed by atoms with Gasteiger partial charge < -0.3 is 11.1 Å². The van der Waals surface area contributed by atoms with Crippen molar-refractivity contribution in [1.29, 1.82) is 0 Å². The number of hydrogen-bond acceptors (Lipinski definition) is 3. The van der Waals surface area contributed by atoms with Crippen molar-refractivity contribution < 1.29 is 0 Å². The number of nitrogens with one attached hydrogen (secondary N) is 1. The molecule has 1 fully saturated rings. The van der Waals surface area contributed by atoms with E-state index < -0.39 is 0 Å². The lowest BCUT2D eigenvalue weighted by molar-refractivity contribution is 0.434. The summed E-state index contributed by atoms with van der Waals surface area (Å²) in [7, 11) is 0. The number of nitrogen functional groups attached to an aromatic ring is 1. The average molecular weight is 233 g/mol. The van der Waals surface area contributed by atoms with Crippen LogP contribution in [0.1, 0.15) is 38.2 Å². The van der Waals surface area contributed by atoms with Gasteiger partial charge in [0.25, 0.3) is 0 Å². The smallest absolute Gasteiger partial charge is 0.126 e. The molecular weight excluding hydrogens is 210 g/mol. The van der Waals surface area contributed by atoms with E-state index in [-0.39, 0.29) is 0 Å². The number of rotatable bonds is 7. The van der Waals surface area contributed by atoms with E-state index >= 15 is 0 Å². The maximum atomic E-state index is 5.84. The Morgan fingerprint density at radius 2 is 2.35 bits per heavy atom. The second kappa shape index (κ2) is 6.01. The van der Waals surface area contributed by atoms with Crippen LogP contribution in [0.5, 0.6) is 0 Å². The van der Waals surface area contributed by atoms with Gasteiger partial charge in [0.1, 0.15) is 5.82 Å². The highest BCUT2D eigenvalue weighted by molar-refractivity contribution is 5.38. The fraction of sp³-hybridized carbons (Fsp3) is 0.643. The lowest BCUT2D eigenvalue weighted by Gasteiger charge is -2.17. The molecule has 1 atom stereocenters. The van der Waals surface area contributed by atoms with Crippen molar-refractivity contribution in [3.63, 3.8) is 0 Å². The van der Waals surface area contributed by atoms with Gasteiger partial charge in [-0.3, -0.25) is 0 Å². The van der Waals surface area contributed by atoms with E-state index in [1.807, 2.05) is 6.07 Å². The Bertz CT molecular complexity index is 347. The fourth-order valence-corrected chi connectivity index (χ4v) is 2.44. The summed E-state index contributed by atoms with van der Waals surface area (Å²) in [5.41, 5.74) is 7.03. The van der Waals surface area contributed by atoms with Crippen LogP contribution in [0.15, 0.2) is 18.3 Å². The summed E-state index contributed by atoms with van der Waals surface area (Å²) in [6.07, 6.45) is 8.08. The number of aryl methyl sites for hydroxylation is 1. The zero-order valence-electron chi connectivity index (χ0n) is 10.7. The van der Waals surface area contributed by atoms with Crippen LogP contribution in [0.3, 0.4) is 0 Å². The van der Waals surface area contributed by atoms with Crippen molar-refractivity contribution >= 4 is 5.82 Å². The van der Waals surface area contributed by atoms with E-state index in [9.17, 15) is 0 Å². The standard InChI is InChI=1S/C14H23N3/c1-2-16-13(11-8-9-11)7-3-5-12-6-4-10-17-14(12)15/h4,6,10-11,13,16H,2-3,5,7-9H2,1H3,(H2,15,17). The van der Waals surface area contributed by atoms with Crippen LogP contribution in [-0.4, -0.2) is 17.6 Å². The summed E-state index contributed by atoms with van der Waals surface area (Å²) in [6, 6.07) is 4.77. The first-order chi connectivity index (χ1) is 8.31. The molecule has 3 heteroatoms. The minimum Gasteiger partial charge on any atom is -0.383 e. The maximum absolute atomic E-state index is 5.84. The Labute approximate surface area is 104 Å². The third kappa shape index (κ3) is 3.70. The second-order valence-electron chi connectivity index (χ2n) is 4.94. The molecule has 1 aromatic heterocycles. The first-order valence-electron chi connectivity index (χ1n) is 6.74. The van der Waals surface area contributed by atoms with Crippen LogP contribution < -0.4 is 11.1 Å². The SMILES string of the molecule is CCNC(CCCc1cccnc1N)C1CC1. The molecule has 0 bridgehead atoms. The van der Waals surface area contributed by atoms with E-state index in [0.717, 1.165) is 24.9 Å². The van der Waals surface area contributed by atoms with Gasteiger partial charge >= 0.3 is 0 Å². The van der Waals surface area contributed by atoms with Gasteiger partial charge in [0, 0.05) is 12.2 Å². The van der Waals surface area contributed by atoms with Crippen LogP contribution in [-0.2, 0) is 6.42 Å². The molecule has 0 amide bonds. The molecule has 0 spiro atoms. The van der Waals surface area contributed by atoms with Crippen molar-refractivity contribution in [2.24, 2.45) is 5.92 Å². The molecule has 0 radical (unpaired) electrons. The van der Waals surface area contributed by atoms with E-state index in [0.29, 0.717) is 5.82 Å². The van der Waals surface area contributed by atoms with Gasteiger partial charge in [0.05, 0.1) is 0 Å². The van der Waals surface area contributed by atoms with Gasteiger partial charge in [0.15, 0.2) is 0 Å².